The molecular weight excluding hydrogens is 278 g/mol. The number of allylic oxidation sites excluding steroid dienone is 1. The molecule has 1 unspecified atom stereocenters. The van der Waals surface area contributed by atoms with Gasteiger partial charge in [-0.3, -0.25) is 9.59 Å². The lowest BCUT2D eigenvalue weighted by Crippen LogP contribution is -3.11. The molecule has 3 N–H and O–H groups in total. The molecule has 5 nitrogen and oxygen atoms in total. The van der Waals surface area contributed by atoms with Gasteiger partial charge in [-0.2, -0.15) is 0 Å². The standard InChI is InChI=1S/C17H31N3O2/c1-17(2,3)19-16(22)13-20(4)12-15(21)18-11-10-14-8-6-5-7-9-14/h8H,5-7,9-13H2,1-4H3,(H,18,21)(H,19,22)/p+1. The summed E-state index contributed by atoms with van der Waals surface area (Å²) in [6, 6.07) is 0. The molecule has 1 atom stereocenters. The molecule has 0 fully saturated rings. The zero-order valence-electron chi connectivity index (χ0n) is 14.6. The predicted molar refractivity (Wildman–Crippen MR) is 88.7 cm³/mol. The lowest BCUT2D eigenvalue weighted by Gasteiger charge is -2.21. The van der Waals surface area contributed by atoms with Crippen molar-refractivity contribution in [1.29, 1.82) is 0 Å². The van der Waals surface area contributed by atoms with Crippen molar-refractivity contribution >= 4 is 11.8 Å². The number of hydrogen-bond donors (Lipinski definition) is 3. The number of quaternary nitrogens is 1. The third-order valence-electron chi connectivity index (χ3n) is 3.59. The Morgan fingerprint density at radius 3 is 2.45 bits per heavy atom. The summed E-state index contributed by atoms with van der Waals surface area (Å²) < 4.78 is 0. The molecule has 0 spiro atoms. The molecule has 0 aliphatic heterocycles. The highest BCUT2D eigenvalue weighted by atomic mass is 16.2. The van der Waals surface area contributed by atoms with E-state index in [1.54, 1.807) is 0 Å². The quantitative estimate of drug-likeness (QED) is 0.597. The van der Waals surface area contributed by atoms with Gasteiger partial charge in [0.25, 0.3) is 11.8 Å². The number of carbonyl (C=O) groups excluding carboxylic acids is 2. The average Bonchev–Trinajstić information content (AvgIpc) is 2.37. The maximum Gasteiger partial charge on any atom is 0.275 e. The van der Waals surface area contributed by atoms with Gasteiger partial charge in [0.15, 0.2) is 13.1 Å². The Bertz CT molecular complexity index is 411. The summed E-state index contributed by atoms with van der Waals surface area (Å²) in [6.07, 6.45) is 8.18. The Hall–Kier alpha value is -1.36. The molecule has 1 rings (SSSR count). The van der Waals surface area contributed by atoms with Gasteiger partial charge in [-0.25, -0.2) is 0 Å². The van der Waals surface area contributed by atoms with E-state index < -0.39 is 0 Å². The van der Waals surface area contributed by atoms with Crippen molar-refractivity contribution in [3.8, 4) is 0 Å². The van der Waals surface area contributed by atoms with Gasteiger partial charge < -0.3 is 15.5 Å². The summed E-state index contributed by atoms with van der Waals surface area (Å²) in [5, 5.41) is 5.86. The van der Waals surface area contributed by atoms with Crippen molar-refractivity contribution < 1.29 is 14.5 Å². The summed E-state index contributed by atoms with van der Waals surface area (Å²) in [5.41, 5.74) is 1.24. The van der Waals surface area contributed by atoms with Crippen LogP contribution in [-0.2, 0) is 9.59 Å². The van der Waals surface area contributed by atoms with Gasteiger partial charge in [0.2, 0.25) is 0 Å². The third-order valence-corrected chi connectivity index (χ3v) is 3.59. The molecule has 5 heteroatoms. The van der Waals surface area contributed by atoms with E-state index in [4.69, 9.17) is 0 Å². The van der Waals surface area contributed by atoms with Crippen molar-refractivity contribution in [3.05, 3.63) is 11.6 Å². The highest BCUT2D eigenvalue weighted by Crippen LogP contribution is 2.19. The van der Waals surface area contributed by atoms with Crippen molar-refractivity contribution in [3.63, 3.8) is 0 Å². The Kier molecular flexibility index (Phi) is 7.59. The van der Waals surface area contributed by atoms with Crippen LogP contribution in [-0.4, -0.2) is 44.0 Å². The smallest absolute Gasteiger partial charge is 0.275 e. The SMILES string of the molecule is C[NH+](CC(=O)NCCC1=CCCCC1)CC(=O)NC(C)(C)C. The van der Waals surface area contributed by atoms with Crippen LogP contribution in [0.4, 0.5) is 0 Å². The van der Waals surface area contributed by atoms with Gasteiger partial charge in [0.05, 0.1) is 7.05 Å². The Labute approximate surface area is 134 Å². The Morgan fingerprint density at radius 1 is 1.18 bits per heavy atom. The molecule has 0 aromatic carbocycles. The van der Waals surface area contributed by atoms with Crippen molar-refractivity contribution in [2.24, 2.45) is 0 Å². The molecule has 0 saturated heterocycles. The first-order valence-electron chi connectivity index (χ1n) is 8.33. The lowest BCUT2D eigenvalue weighted by atomic mass is 9.97. The maximum atomic E-state index is 11.9. The number of rotatable bonds is 7. The van der Waals surface area contributed by atoms with E-state index in [2.05, 4.69) is 16.7 Å². The summed E-state index contributed by atoms with van der Waals surface area (Å²) in [6.45, 7) is 7.20. The van der Waals surface area contributed by atoms with Crippen molar-refractivity contribution in [2.45, 2.75) is 58.4 Å². The first-order chi connectivity index (χ1) is 10.3. The van der Waals surface area contributed by atoms with E-state index in [0.29, 0.717) is 19.6 Å². The first-order valence-corrected chi connectivity index (χ1v) is 8.33. The summed E-state index contributed by atoms with van der Waals surface area (Å²) in [7, 11) is 1.87. The molecule has 0 heterocycles. The number of carbonyl (C=O) groups is 2. The van der Waals surface area contributed by atoms with Gasteiger partial charge in [0, 0.05) is 12.1 Å². The van der Waals surface area contributed by atoms with Crippen LogP contribution in [0, 0.1) is 0 Å². The van der Waals surface area contributed by atoms with Crippen LogP contribution in [0.15, 0.2) is 11.6 Å². The highest BCUT2D eigenvalue weighted by Gasteiger charge is 2.18. The van der Waals surface area contributed by atoms with E-state index in [0.717, 1.165) is 11.3 Å². The van der Waals surface area contributed by atoms with Crippen molar-refractivity contribution in [2.75, 3.05) is 26.7 Å². The second-order valence-corrected chi connectivity index (χ2v) is 7.32. The molecule has 1 aliphatic rings. The van der Waals surface area contributed by atoms with Crippen LogP contribution in [0.3, 0.4) is 0 Å². The second kappa shape index (κ2) is 8.93. The van der Waals surface area contributed by atoms with E-state index in [1.807, 2.05) is 27.8 Å². The zero-order valence-corrected chi connectivity index (χ0v) is 14.6. The van der Waals surface area contributed by atoms with Crippen LogP contribution < -0.4 is 15.5 Å². The van der Waals surface area contributed by atoms with Gasteiger partial charge >= 0.3 is 0 Å². The minimum Gasteiger partial charge on any atom is -0.351 e. The number of hydrogen-bond acceptors (Lipinski definition) is 2. The molecule has 22 heavy (non-hydrogen) atoms. The average molecular weight is 310 g/mol. The maximum absolute atomic E-state index is 11.9. The number of likely N-dealkylation sites (N-methyl/N-ethyl adjacent to an activating group) is 1. The Morgan fingerprint density at radius 2 is 1.86 bits per heavy atom. The minimum atomic E-state index is -0.229. The summed E-state index contributed by atoms with van der Waals surface area (Å²) in [4.78, 5) is 24.6. The molecule has 126 valence electrons. The fraction of sp³-hybridized carbons (Fsp3) is 0.765. The summed E-state index contributed by atoms with van der Waals surface area (Å²) in [5.74, 6) is -0.0115. The van der Waals surface area contributed by atoms with Crippen LogP contribution >= 0.6 is 0 Å². The molecule has 0 bridgehead atoms. The topological polar surface area (TPSA) is 62.6 Å². The van der Waals surface area contributed by atoms with Crippen molar-refractivity contribution in [1.82, 2.24) is 10.6 Å². The van der Waals surface area contributed by atoms with E-state index in [1.165, 1.54) is 31.3 Å². The van der Waals surface area contributed by atoms with Crippen LogP contribution in [0.5, 0.6) is 0 Å². The molecular formula is C17H32N3O2+. The second-order valence-electron chi connectivity index (χ2n) is 7.32. The Balaban J connectivity index is 2.18. The largest absolute Gasteiger partial charge is 0.351 e. The zero-order chi connectivity index (χ0) is 16.6. The van der Waals surface area contributed by atoms with Gasteiger partial charge in [-0.15, -0.1) is 0 Å². The fourth-order valence-electron chi connectivity index (χ4n) is 2.63. The normalized spacial score (nSPS) is 16.6. The summed E-state index contributed by atoms with van der Waals surface area (Å²) >= 11 is 0. The predicted octanol–water partition coefficient (Wildman–Crippen LogP) is 0.423. The molecule has 0 radical (unpaired) electrons. The lowest BCUT2D eigenvalue weighted by molar-refractivity contribution is -0.862. The molecule has 0 saturated carbocycles. The van der Waals surface area contributed by atoms with Gasteiger partial charge in [-0.05, 0) is 52.9 Å². The van der Waals surface area contributed by atoms with E-state index >= 15 is 0 Å². The fourth-order valence-corrected chi connectivity index (χ4v) is 2.63. The first kappa shape index (κ1) is 18.7. The van der Waals surface area contributed by atoms with E-state index in [9.17, 15) is 9.59 Å². The molecule has 0 aromatic rings. The van der Waals surface area contributed by atoms with Crippen LogP contribution in [0.2, 0.25) is 0 Å². The van der Waals surface area contributed by atoms with Crippen LogP contribution in [0.25, 0.3) is 0 Å². The van der Waals surface area contributed by atoms with E-state index in [-0.39, 0.29) is 17.4 Å². The van der Waals surface area contributed by atoms with Gasteiger partial charge in [0.1, 0.15) is 0 Å². The molecule has 1 aliphatic carbocycles. The molecule has 0 aromatic heterocycles. The number of amides is 2. The third kappa shape index (κ3) is 8.82. The number of nitrogens with one attached hydrogen (secondary N) is 3. The van der Waals surface area contributed by atoms with Crippen LogP contribution in [0.1, 0.15) is 52.9 Å². The monoisotopic (exact) mass is 310 g/mol. The molecule has 2 amide bonds. The highest BCUT2D eigenvalue weighted by molar-refractivity contribution is 5.79. The minimum absolute atomic E-state index is 0.0115. The van der Waals surface area contributed by atoms with Gasteiger partial charge in [-0.1, -0.05) is 11.6 Å².